The van der Waals surface area contributed by atoms with Crippen molar-refractivity contribution in [1.29, 1.82) is 0 Å². The molecule has 0 heterocycles. The van der Waals surface area contributed by atoms with E-state index in [1.165, 1.54) is 0 Å². The van der Waals surface area contributed by atoms with Gasteiger partial charge in [0.05, 0.1) is 0 Å². The molecule has 0 aliphatic rings. The lowest BCUT2D eigenvalue weighted by Gasteiger charge is -2.19. The summed E-state index contributed by atoms with van der Waals surface area (Å²) in [6.07, 6.45) is -0.804. The molecule has 6 nitrogen and oxygen atoms in total. The largest absolute Gasteiger partial charge is 0.444 e. The Balaban J connectivity index is 3.92. The predicted molar refractivity (Wildman–Crippen MR) is 47.3 cm³/mol. The first-order chi connectivity index (χ1) is 5.60. The molecule has 0 rings (SSSR count). The highest BCUT2D eigenvalue weighted by atomic mass is 32.2. The normalized spacial score (nSPS) is 12.3. The minimum Gasteiger partial charge on any atom is -0.444 e. The molecule has 0 saturated carbocycles. The molecule has 0 unspecified atom stereocenters. The molecule has 0 radical (unpaired) electrons. The Morgan fingerprint density at radius 2 is 1.92 bits per heavy atom. The fraction of sp³-hybridized carbons (Fsp3) is 0.833. The van der Waals surface area contributed by atoms with Gasteiger partial charge in [0.25, 0.3) is 0 Å². The molecular weight excluding hydrogens is 196 g/mol. The van der Waals surface area contributed by atoms with E-state index in [1.54, 1.807) is 20.8 Å². The molecule has 0 bridgehead atoms. The molecule has 0 aromatic heterocycles. The molecule has 3 N–H and O–H groups in total. The summed E-state index contributed by atoms with van der Waals surface area (Å²) in [6.45, 7) is 5.01. The number of carbonyl (C=O) groups excluding carboxylic acids is 1. The summed E-state index contributed by atoms with van der Waals surface area (Å²) >= 11 is 0. The quantitative estimate of drug-likeness (QED) is 0.657. The third-order valence-electron chi connectivity index (χ3n) is 0.817. The van der Waals surface area contributed by atoms with Crippen LogP contribution in [0, 0.1) is 0 Å². The maximum Gasteiger partial charge on any atom is 0.408 e. The molecule has 0 saturated heterocycles. The lowest BCUT2D eigenvalue weighted by atomic mass is 10.2. The molecule has 13 heavy (non-hydrogen) atoms. The van der Waals surface area contributed by atoms with Crippen molar-refractivity contribution in [1.82, 2.24) is 5.32 Å². The van der Waals surface area contributed by atoms with Gasteiger partial charge < -0.3 is 10.1 Å². The number of nitrogens with two attached hydrogens (primary N) is 1. The average Bonchev–Trinajstić information content (AvgIpc) is 1.78. The Hall–Kier alpha value is -0.820. The molecule has 0 atom stereocenters. The number of nitrogens with one attached hydrogen (secondary N) is 1. The van der Waals surface area contributed by atoms with Crippen LogP contribution in [-0.4, -0.2) is 26.0 Å². The molecule has 0 spiro atoms. The Kier molecular flexibility index (Phi) is 3.68. The SMILES string of the molecule is CC(C)(C)OC(=O)NCS(N)(=O)=O. The van der Waals surface area contributed by atoms with Gasteiger partial charge in [0.2, 0.25) is 10.0 Å². The van der Waals surface area contributed by atoms with Crippen LogP contribution in [0.4, 0.5) is 4.79 Å². The predicted octanol–water partition coefficient (Wildman–Crippen LogP) is -0.243. The summed E-state index contributed by atoms with van der Waals surface area (Å²) in [5.41, 5.74) is -0.650. The number of hydrogen-bond donors (Lipinski definition) is 2. The van der Waals surface area contributed by atoms with Gasteiger partial charge in [-0.25, -0.2) is 18.4 Å². The van der Waals surface area contributed by atoms with E-state index in [1.807, 2.05) is 5.32 Å². The number of sulfonamides is 1. The van der Waals surface area contributed by atoms with Crippen LogP contribution in [0.15, 0.2) is 0 Å². The smallest absolute Gasteiger partial charge is 0.408 e. The monoisotopic (exact) mass is 210 g/mol. The Bertz CT molecular complexity index is 277. The molecule has 78 valence electrons. The number of hydrogen-bond acceptors (Lipinski definition) is 4. The van der Waals surface area contributed by atoms with E-state index in [2.05, 4.69) is 5.14 Å². The van der Waals surface area contributed by atoms with Gasteiger partial charge in [0, 0.05) is 0 Å². The molecule has 0 aromatic carbocycles. The molecule has 7 heteroatoms. The van der Waals surface area contributed by atoms with Crippen molar-refractivity contribution in [3.8, 4) is 0 Å². The number of alkyl carbamates (subject to hydrolysis) is 1. The Morgan fingerprint density at radius 3 is 2.23 bits per heavy atom. The zero-order valence-electron chi connectivity index (χ0n) is 7.83. The number of carbonyl (C=O) groups is 1. The summed E-state index contributed by atoms with van der Waals surface area (Å²) in [4.78, 5) is 10.9. The molecule has 0 aliphatic carbocycles. The molecule has 0 aliphatic heterocycles. The van der Waals surface area contributed by atoms with E-state index in [9.17, 15) is 13.2 Å². The van der Waals surface area contributed by atoms with Gasteiger partial charge in [-0.2, -0.15) is 0 Å². The first-order valence-electron chi connectivity index (χ1n) is 3.57. The van der Waals surface area contributed by atoms with Gasteiger partial charge in [-0.15, -0.1) is 0 Å². The van der Waals surface area contributed by atoms with Crippen LogP contribution in [0.3, 0.4) is 0 Å². The van der Waals surface area contributed by atoms with Crippen LogP contribution < -0.4 is 10.5 Å². The van der Waals surface area contributed by atoms with E-state index in [4.69, 9.17) is 4.74 Å². The number of rotatable bonds is 2. The average molecular weight is 210 g/mol. The van der Waals surface area contributed by atoms with E-state index in [0.29, 0.717) is 0 Å². The summed E-state index contributed by atoms with van der Waals surface area (Å²) in [7, 11) is -3.69. The first-order valence-corrected chi connectivity index (χ1v) is 5.29. The second kappa shape index (κ2) is 3.93. The van der Waals surface area contributed by atoms with Gasteiger partial charge >= 0.3 is 6.09 Å². The third-order valence-corrected chi connectivity index (χ3v) is 1.36. The summed E-state index contributed by atoms with van der Waals surface area (Å²) in [5, 5.41) is 6.65. The topological polar surface area (TPSA) is 98.5 Å². The van der Waals surface area contributed by atoms with Crippen LogP contribution in [0.2, 0.25) is 0 Å². The molecule has 0 aromatic rings. The zero-order valence-corrected chi connectivity index (χ0v) is 8.64. The fourth-order valence-corrected chi connectivity index (χ4v) is 0.793. The van der Waals surface area contributed by atoms with Crippen molar-refractivity contribution >= 4 is 16.1 Å². The third kappa shape index (κ3) is 9.09. The summed E-state index contributed by atoms with van der Waals surface area (Å²) in [6, 6.07) is 0. The molecular formula is C6H14N2O4S. The maximum atomic E-state index is 10.9. The standard InChI is InChI=1S/C6H14N2O4S/c1-6(2,3)12-5(9)8-4-13(7,10)11/h4H2,1-3H3,(H,8,9)(H2,7,10,11). The number of primary sulfonamides is 1. The van der Waals surface area contributed by atoms with Crippen molar-refractivity contribution in [2.24, 2.45) is 5.14 Å². The zero-order chi connectivity index (χ0) is 10.7. The van der Waals surface area contributed by atoms with Gasteiger partial charge in [-0.3, -0.25) is 0 Å². The number of amides is 1. The first kappa shape index (κ1) is 12.2. The van der Waals surface area contributed by atoms with Crippen LogP contribution in [-0.2, 0) is 14.8 Å². The van der Waals surface area contributed by atoms with Crippen molar-refractivity contribution in [3.05, 3.63) is 0 Å². The second-order valence-corrected chi connectivity index (χ2v) is 5.10. The van der Waals surface area contributed by atoms with Gasteiger partial charge in [-0.05, 0) is 20.8 Å². The number of ether oxygens (including phenoxy) is 1. The van der Waals surface area contributed by atoms with Crippen LogP contribution in [0.1, 0.15) is 20.8 Å². The second-order valence-electron chi connectivity index (χ2n) is 3.49. The van der Waals surface area contributed by atoms with Crippen LogP contribution in [0.25, 0.3) is 0 Å². The highest BCUT2D eigenvalue weighted by molar-refractivity contribution is 7.89. The van der Waals surface area contributed by atoms with E-state index < -0.39 is 27.6 Å². The lowest BCUT2D eigenvalue weighted by molar-refractivity contribution is 0.0537. The van der Waals surface area contributed by atoms with E-state index >= 15 is 0 Å². The lowest BCUT2D eigenvalue weighted by Crippen LogP contribution is -2.37. The minimum absolute atomic E-state index is 0.623. The Labute approximate surface area is 77.5 Å². The van der Waals surface area contributed by atoms with Gasteiger partial charge in [0.1, 0.15) is 11.5 Å². The maximum absolute atomic E-state index is 10.9. The van der Waals surface area contributed by atoms with Crippen molar-refractivity contribution in [3.63, 3.8) is 0 Å². The highest BCUT2D eigenvalue weighted by Crippen LogP contribution is 2.06. The van der Waals surface area contributed by atoms with Crippen LogP contribution >= 0.6 is 0 Å². The van der Waals surface area contributed by atoms with Crippen molar-refractivity contribution < 1.29 is 17.9 Å². The van der Waals surface area contributed by atoms with E-state index in [-0.39, 0.29) is 0 Å². The summed E-state index contributed by atoms with van der Waals surface area (Å²) in [5.74, 6) is -0.623. The Morgan fingerprint density at radius 1 is 1.46 bits per heavy atom. The van der Waals surface area contributed by atoms with E-state index in [0.717, 1.165) is 0 Å². The van der Waals surface area contributed by atoms with Crippen molar-refractivity contribution in [2.45, 2.75) is 26.4 Å². The molecule has 0 fully saturated rings. The summed E-state index contributed by atoms with van der Waals surface area (Å²) < 4.78 is 25.6. The van der Waals surface area contributed by atoms with Gasteiger partial charge in [-0.1, -0.05) is 0 Å². The van der Waals surface area contributed by atoms with Gasteiger partial charge in [0.15, 0.2) is 0 Å². The minimum atomic E-state index is -3.69. The fourth-order valence-electron chi connectivity index (χ4n) is 0.474. The molecule has 1 amide bonds. The highest BCUT2D eigenvalue weighted by Gasteiger charge is 2.16. The van der Waals surface area contributed by atoms with Crippen LogP contribution in [0.5, 0.6) is 0 Å². The van der Waals surface area contributed by atoms with Crippen molar-refractivity contribution in [2.75, 3.05) is 5.88 Å².